The number of nitro groups is 1. The maximum atomic E-state index is 13.2. The van der Waals surface area contributed by atoms with Crippen molar-refractivity contribution in [1.82, 2.24) is 4.90 Å². The van der Waals surface area contributed by atoms with Crippen LogP contribution in [0.2, 0.25) is 0 Å². The average Bonchev–Trinajstić information content (AvgIpc) is 3.18. The van der Waals surface area contributed by atoms with Crippen molar-refractivity contribution in [3.05, 3.63) is 33.9 Å². The Hall–Kier alpha value is -2.11. The first kappa shape index (κ1) is 18.3. The highest BCUT2D eigenvalue weighted by atomic mass is 16.6. The third kappa shape index (κ3) is 3.30. The van der Waals surface area contributed by atoms with E-state index in [0.29, 0.717) is 11.3 Å². The zero-order valence-electron chi connectivity index (χ0n) is 16.5. The first-order valence-electron chi connectivity index (χ1n) is 10.0. The van der Waals surface area contributed by atoms with Crippen LogP contribution in [0.3, 0.4) is 0 Å². The molecule has 27 heavy (non-hydrogen) atoms. The molecule has 2 heterocycles. The SMILES string of the molecule is CC1(C)C[C@@H]2C[C@](C)(CN2C(=O)c2ccc(N3CCCC3)c([N+](=O)[O-])c2)C1. The minimum absolute atomic E-state index is 0.0523. The van der Waals surface area contributed by atoms with Gasteiger partial charge in [0.15, 0.2) is 0 Å². The molecule has 1 saturated carbocycles. The number of benzene rings is 1. The number of fused-ring (bicyclic) bond motifs is 2. The van der Waals surface area contributed by atoms with Crippen molar-refractivity contribution in [2.75, 3.05) is 24.5 Å². The van der Waals surface area contributed by atoms with Gasteiger partial charge in [0.25, 0.3) is 11.6 Å². The number of amides is 1. The summed E-state index contributed by atoms with van der Waals surface area (Å²) in [7, 11) is 0. The van der Waals surface area contributed by atoms with Gasteiger partial charge >= 0.3 is 0 Å². The van der Waals surface area contributed by atoms with Crippen LogP contribution in [-0.4, -0.2) is 41.4 Å². The summed E-state index contributed by atoms with van der Waals surface area (Å²) < 4.78 is 0. The summed E-state index contributed by atoms with van der Waals surface area (Å²) in [6.45, 7) is 9.27. The molecule has 1 aliphatic carbocycles. The van der Waals surface area contributed by atoms with Gasteiger partial charge in [-0.2, -0.15) is 0 Å². The van der Waals surface area contributed by atoms with E-state index in [1.54, 1.807) is 12.1 Å². The Morgan fingerprint density at radius 2 is 1.89 bits per heavy atom. The molecule has 2 bridgehead atoms. The summed E-state index contributed by atoms with van der Waals surface area (Å²) in [5.74, 6) is -0.0579. The summed E-state index contributed by atoms with van der Waals surface area (Å²) in [5, 5.41) is 11.6. The van der Waals surface area contributed by atoms with Crippen molar-refractivity contribution >= 4 is 17.3 Å². The Balaban J connectivity index is 1.63. The molecule has 0 aromatic heterocycles. The molecule has 1 aromatic carbocycles. The monoisotopic (exact) mass is 371 g/mol. The van der Waals surface area contributed by atoms with Crippen LogP contribution >= 0.6 is 0 Å². The topological polar surface area (TPSA) is 66.7 Å². The van der Waals surface area contributed by atoms with E-state index in [2.05, 4.69) is 25.7 Å². The van der Waals surface area contributed by atoms with E-state index < -0.39 is 0 Å². The molecule has 0 radical (unpaired) electrons. The third-order valence-corrected chi connectivity index (χ3v) is 6.54. The van der Waals surface area contributed by atoms with Gasteiger partial charge in [-0.05, 0) is 55.1 Å². The van der Waals surface area contributed by atoms with E-state index in [4.69, 9.17) is 0 Å². The lowest BCUT2D eigenvalue weighted by molar-refractivity contribution is -0.384. The van der Waals surface area contributed by atoms with Crippen LogP contribution in [0.5, 0.6) is 0 Å². The van der Waals surface area contributed by atoms with Crippen LogP contribution < -0.4 is 4.90 Å². The normalized spacial score (nSPS) is 29.2. The zero-order chi connectivity index (χ0) is 19.4. The first-order chi connectivity index (χ1) is 12.7. The van der Waals surface area contributed by atoms with E-state index in [1.165, 1.54) is 6.07 Å². The van der Waals surface area contributed by atoms with Crippen molar-refractivity contribution < 1.29 is 9.72 Å². The van der Waals surface area contributed by atoms with Crippen LogP contribution in [0.15, 0.2) is 18.2 Å². The predicted octanol–water partition coefficient (Wildman–Crippen LogP) is 4.24. The second kappa shape index (κ2) is 6.21. The molecule has 0 spiro atoms. The van der Waals surface area contributed by atoms with Crippen LogP contribution in [0.4, 0.5) is 11.4 Å². The van der Waals surface area contributed by atoms with Crippen molar-refractivity contribution in [1.29, 1.82) is 0 Å². The smallest absolute Gasteiger partial charge is 0.293 e. The Labute approximate surface area is 160 Å². The summed E-state index contributed by atoms with van der Waals surface area (Å²) in [6.07, 6.45) is 5.27. The number of likely N-dealkylation sites (tertiary alicyclic amines) is 1. The van der Waals surface area contributed by atoms with Crippen molar-refractivity contribution in [3.8, 4) is 0 Å². The van der Waals surface area contributed by atoms with Gasteiger partial charge in [0.1, 0.15) is 5.69 Å². The molecule has 0 N–H and O–H groups in total. The fraction of sp³-hybridized carbons (Fsp3) is 0.667. The highest BCUT2D eigenvalue weighted by Crippen LogP contribution is 2.52. The van der Waals surface area contributed by atoms with Crippen molar-refractivity contribution in [3.63, 3.8) is 0 Å². The Kier molecular flexibility index (Phi) is 4.20. The fourth-order valence-electron chi connectivity index (χ4n) is 5.89. The molecule has 2 saturated heterocycles. The molecule has 3 aliphatic rings. The summed E-state index contributed by atoms with van der Waals surface area (Å²) in [5.41, 5.74) is 1.53. The number of nitrogens with zero attached hydrogens (tertiary/aromatic N) is 3. The number of rotatable bonds is 3. The zero-order valence-corrected chi connectivity index (χ0v) is 16.5. The highest BCUT2D eigenvalue weighted by molar-refractivity contribution is 5.96. The summed E-state index contributed by atoms with van der Waals surface area (Å²) in [4.78, 5) is 28.6. The van der Waals surface area contributed by atoms with E-state index >= 15 is 0 Å². The molecule has 146 valence electrons. The highest BCUT2D eigenvalue weighted by Gasteiger charge is 2.51. The maximum Gasteiger partial charge on any atom is 0.293 e. The molecular formula is C21H29N3O3. The van der Waals surface area contributed by atoms with Crippen LogP contribution in [0.25, 0.3) is 0 Å². The van der Waals surface area contributed by atoms with Crippen LogP contribution in [0, 0.1) is 20.9 Å². The van der Waals surface area contributed by atoms with E-state index in [1.807, 2.05) is 4.90 Å². The first-order valence-corrected chi connectivity index (χ1v) is 10.0. The van der Waals surface area contributed by atoms with E-state index in [0.717, 1.165) is 51.7 Å². The standard InChI is InChI=1S/C21H29N3O3/c1-20(2)11-16-12-21(3,13-20)14-23(16)19(25)15-6-7-17(18(10-15)24(26)27)22-8-4-5-9-22/h6-7,10,16H,4-5,8-9,11-14H2,1-3H3/t16-,21+/m1/s1. The van der Waals surface area contributed by atoms with Crippen LogP contribution in [0.1, 0.15) is 63.2 Å². The lowest BCUT2D eigenvalue weighted by Crippen LogP contribution is -2.37. The van der Waals surface area contributed by atoms with Crippen molar-refractivity contribution in [2.45, 2.75) is 58.9 Å². The number of nitro benzene ring substituents is 1. The van der Waals surface area contributed by atoms with Crippen LogP contribution in [-0.2, 0) is 0 Å². The predicted molar refractivity (Wildman–Crippen MR) is 105 cm³/mol. The Morgan fingerprint density at radius 3 is 2.56 bits per heavy atom. The summed E-state index contributed by atoms with van der Waals surface area (Å²) >= 11 is 0. The second-order valence-electron chi connectivity index (χ2n) is 9.80. The molecule has 6 nitrogen and oxygen atoms in total. The maximum absolute atomic E-state index is 13.2. The molecule has 2 aliphatic heterocycles. The third-order valence-electron chi connectivity index (χ3n) is 6.54. The van der Waals surface area contributed by atoms with E-state index in [9.17, 15) is 14.9 Å². The minimum atomic E-state index is -0.350. The van der Waals surface area contributed by atoms with Gasteiger partial charge in [-0.25, -0.2) is 0 Å². The van der Waals surface area contributed by atoms with Gasteiger partial charge in [-0.3, -0.25) is 14.9 Å². The fourth-order valence-corrected chi connectivity index (χ4v) is 5.89. The number of anilines is 1. The summed E-state index contributed by atoms with van der Waals surface area (Å²) in [6, 6.07) is 5.28. The lowest BCUT2D eigenvalue weighted by Gasteiger charge is -2.39. The Bertz CT molecular complexity index is 785. The number of carbonyl (C=O) groups excluding carboxylic acids is 1. The quantitative estimate of drug-likeness (QED) is 0.589. The van der Waals surface area contributed by atoms with Gasteiger partial charge in [-0.1, -0.05) is 20.8 Å². The van der Waals surface area contributed by atoms with Gasteiger partial charge in [0.05, 0.1) is 4.92 Å². The molecular weight excluding hydrogens is 342 g/mol. The van der Waals surface area contributed by atoms with Gasteiger partial charge in [0, 0.05) is 37.3 Å². The largest absolute Gasteiger partial charge is 0.366 e. The van der Waals surface area contributed by atoms with Gasteiger partial charge in [-0.15, -0.1) is 0 Å². The Morgan fingerprint density at radius 1 is 1.19 bits per heavy atom. The molecule has 0 unspecified atom stereocenters. The second-order valence-corrected chi connectivity index (χ2v) is 9.80. The average molecular weight is 371 g/mol. The molecule has 4 rings (SSSR count). The lowest BCUT2D eigenvalue weighted by atomic mass is 9.65. The molecule has 1 aromatic rings. The minimum Gasteiger partial charge on any atom is -0.366 e. The van der Waals surface area contributed by atoms with Gasteiger partial charge < -0.3 is 9.80 Å². The van der Waals surface area contributed by atoms with E-state index in [-0.39, 0.29) is 33.4 Å². The molecule has 3 fully saturated rings. The molecule has 2 atom stereocenters. The number of hydrogen-bond donors (Lipinski definition) is 0. The number of carbonyl (C=O) groups is 1. The van der Waals surface area contributed by atoms with Gasteiger partial charge in [0.2, 0.25) is 0 Å². The molecule has 1 amide bonds. The molecule has 6 heteroatoms. The van der Waals surface area contributed by atoms with Crippen molar-refractivity contribution in [2.24, 2.45) is 10.8 Å². The number of hydrogen-bond acceptors (Lipinski definition) is 4.